The summed E-state index contributed by atoms with van der Waals surface area (Å²) >= 11 is 0. The Morgan fingerprint density at radius 3 is 2.78 bits per heavy atom. The standard InChI is InChI=1S/C22H37N5/c1-4-25(3)16-13-24-22(23-2)27-15-12-21-20(18-27)11-8-14-26(21)17-19-9-6-5-7-10-19/h5-7,9-10,20-21H,4,8,11-18H2,1-3H3,(H,23,24). The molecule has 0 spiro atoms. The van der Waals surface area contributed by atoms with Crippen LogP contribution >= 0.6 is 0 Å². The molecule has 2 atom stereocenters. The van der Waals surface area contributed by atoms with Gasteiger partial charge in [0.25, 0.3) is 0 Å². The molecule has 2 aliphatic rings. The SMILES string of the molecule is CCN(C)CCNC(=NC)N1CCC2C(CCCN2Cc2ccccc2)C1. The number of fused-ring (bicyclic) bond motifs is 1. The molecule has 1 aromatic carbocycles. The summed E-state index contributed by atoms with van der Waals surface area (Å²) < 4.78 is 0. The molecule has 150 valence electrons. The highest BCUT2D eigenvalue weighted by Gasteiger charge is 2.36. The van der Waals surface area contributed by atoms with E-state index < -0.39 is 0 Å². The Bertz CT molecular complexity index is 588. The Labute approximate surface area is 165 Å². The van der Waals surface area contributed by atoms with Crippen LogP contribution < -0.4 is 5.32 Å². The van der Waals surface area contributed by atoms with E-state index in [1.54, 1.807) is 0 Å². The molecular weight excluding hydrogens is 334 g/mol. The van der Waals surface area contributed by atoms with Gasteiger partial charge in [-0.1, -0.05) is 37.3 Å². The van der Waals surface area contributed by atoms with E-state index in [1.807, 2.05) is 7.05 Å². The number of nitrogens with zero attached hydrogens (tertiary/aromatic N) is 4. The number of likely N-dealkylation sites (N-methyl/N-ethyl adjacent to an activating group) is 1. The zero-order valence-electron chi connectivity index (χ0n) is 17.4. The number of hydrogen-bond acceptors (Lipinski definition) is 3. The maximum atomic E-state index is 4.56. The summed E-state index contributed by atoms with van der Waals surface area (Å²) in [5.41, 5.74) is 1.44. The van der Waals surface area contributed by atoms with Crippen LogP contribution in [0.3, 0.4) is 0 Å². The number of nitrogens with one attached hydrogen (secondary N) is 1. The van der Waals surface area contributed by atoms with Crippen LogP contribution in [0.25, 0.3) is 0 Å². The fourth-order valence-corrected chi connectivity index (χ4v) is 4.56. The minimum absolute atomic E-state index is 0.722. The van der Waals surface area contributed by atoms with Crippen molar-refractivity contribution in [1.82, 2.24) is 20.0 Å². The minimum atomic E-state index is 0.722. The quantitative estimate of drug-likeness (QED) is 0.615. The van der Waals surface area contributed by atoms with E-state index in [9.17, 15) is 0 Å². The summed E-state index contributed by atoms with van der Waals surface area (Å²) in [6.45, 7) is 9.89. The van der Waals surface area contributed by atoms with E-state index in [0.717, 1.165) is 57.2 Å². The molecule has 1 N–H and O–H groups in total. The lowest BCUT2D eigenvalue weighted by molar-refractivity contribution is 0.0372. The first-order valence-corrected chi connectivity index (χ1v) is 10.6. The van der Waals surface area contributed by atoms with Crippen molar-refractivity contribution >= 4 is 5.96 Å². The van der Waals surface area contributed by atoms with Gasteiger partial charge in [0, 0.05) is 45.8 Å². The molecule has 5 nitrogen and oxygen atoms in total. The molecule has 2 saturated heterocycles. The van der Waals surface area contributed by atoms with E-state index in [0.29, 0.717) is 0 Å². The summed E-state index contributed by atoms with van der Waals surface area (Å²) in [7, 11) is 4.08. The molecule has 5 heteroatoms. The van der Waals surface area contributed by atoms with Crippen LogP contribution in [-0.2, 0) is 6.54 Å². The minimum Gasteiger partial charge on any atom is -0.355 e. The van der Waals surface area contributed by atoms with Gasteiger partial charge in [0.2, 0.25) is 0 Å². The summed E-state index contributed by atoms with van der Waals surface area (Å²) in [5.74, 6) is 1.84. The summed E-state index contributed by atoms with van der Waals surface area (Å²) in [5, 5.41) is 3.57. The fourth-order valence-electron chi connectivity index (χ4n) is 4.56. The second kappa shape index (κ2) is 10.1. The molecule has 2 unspecified atom stereocenters. The summed E-state index contributed by atoms with van der Waals surface area (Å²) in [4.78, 5) is 12.1. The van der Waals surface area contributed by atoms with E-state index in [4.69, 9.17) is 0 Å². The summed E-state index contributed by atoms with van der Waals surface area (Å²) in [6.07, 6.45) is 3.91. The molecule has 0 bridgehead atoms. The molecule has 1 aromatic rings. The maximum absolute atomic E-state index is 4.56. The Morgan fingerprint density at radius 1 is 1.22 bits per heavy atom. The Hall–Kier alpha value is -1.59. The zero-order valence-corrected chi connectivity index (χ0v) is 17.4. The van der Waals surface area contributed by atoms with Crippen LogP contribution in [-0.4, -0.2) is 80.1 Å². The second-order valence-corrected chi connectivity index (χ2v) is 8.03. The van der Waals surface area contributed by atoms with Gasteiger partial charge in [-0.3, -0.25) is 9.89 Å². The lowest BCUT2D eigenvalue weighted by atomic mass is 9.83. The van der Waals surface area contributed by atoms with Crippen LogP contribution in [0.5, 0.6) is 0 Å². The van der Waals surface area contributed by atoms with Crippen molar-refractivity contribution in [2.24, 2.45) is 10.9 Å². The molecule has 0 radical (unpaired) electrons. The third-order valence-corrected chi connectivity index (χ3v) is 6.24. The fraction of sp³-hybridized carbons (Fsp3) is 0.682. The van der Waals surface area contributed by atoms with Crippen molar-refractivity contribution in [3.63, 3.8) is 0 Å². The van der Waals surface area contributed by atoms with E-state index in [-0.39, 0.29) is 0 Å². The molecule has 0 aromatic heterocycles. The smallest absolute Gasteiger partial charge is 0.193 e. The number of aliphatic imine (C=N–C) groups is 1. The first kappa shape index (κ1) is 20.2. The highest BCUT2D eigenvalue weighted by Crippen LogP contribution is 2.31. The van der Waals surface area contributed by atoms with Crippen LogP contribution in [0.2, 0.25) is 0 Å². The average Bonchev–Trinajstić information content (AvgIpc) is 2.71. The predicted octanol–water partition coefficient (Wildman–Crippen LogP) is 2.50. The van der Waals surface area contributed by atoms with Gasteiger partial charge in [-0.05, 0) is 50.9 Å². The molecule has 0 aliphatic carbocycles. The van der Waals surface area contributed by atoms with Crippen molar-refractivity contribution < 1.29 is 0 Å². The van der Waals surface area contributed by atoms with Gasteiger partial charge >= 0.3 is 0 Å². The molecule has 2 heterocycles. The van der Waals surface area contributed by atoms with E-state index >= 15 is 0 Å². The third kappa shape index (κ3) is 5.45. The maximum Gasteiger partial charge on any atom is 0.193 e. The molecule has 0 saturated carbocycles. The molecule has 3 rings (SSSR count). The monoisotopic (exact) mass is 371 g/mol. The topological polar surface area (TPSA) is 34.1 Å². The van der Waals surface area contributed by atoms with Gasteiger partial charge < -0.3 is 15.1 Å². The van der Waals surface area contributed by atoms with E-state index in [2.05, 4.69) is 69.3 Å². The number of likely N-dealkylation sites (tertiary alicyclic amines) is 2. The molecular formula is C22H37N5. The number of benzene rings is 1. The van der Waals surface area contributed by atoms with Gasteiger partial charge in [0.05, 0.1) is 0 Å². The van der Waals surface area contributed by atoms with Crippen molar-refractivity contribution in [2.45, 2.75) is 38.8 Å². The lowest BCUT2D eigenvalue weighted by Crippen LogP contribution is -2.57. The van der Waals surface area contributed by atoms with Gasteiger partial charge in [0.1, 0.15) is 0 Å². The van der Waals surface area contributed by atoms with Crippen molar-refractivity contribution in [3.05, 3.63) is 35.9 Å². The highest BCUT2D eigenvalue weighted by atomic mass is 15.3. The number of guanidine groups is 1. The van der Waals surface area contributed by atoms with Gasteiger partial charge in [-0.25, -0.2) is 0 Å². The van der Waals surface area contributed by atoms with Crippen molar-refractivity contribution in [1.29, 1.82) is 0 Å². The van der Waals surface area contributed by atoms with Gasteiger partial charge in [-0.15, -0.1) is 0 Å². The van der Waals surface area contributed by atoms with Gasteiger partial charge in [0.15, 0.2) is 5.96 Å². The normalized spacial score (nSPS) is 24.1. The van der Waals surface area contributed by atoms with Crippen molar-refractivity contribution in [2.75, 3.05) is 53.4 Å². The van der Waals surface area contributed by atoms with Crippen LogP contribution in [0.15, 0.2) is 35.3 Å². The Kier molecular flexibility index (Phi) is 7.53. The van der Waals surface area contributed by atoms with Crippen molar-refractivity contribution in [3.8, 4) is 0 Å². The first-order valence-electron chi connectivity index (χ1n) is 10.6. The number of hydrogen-bond donors (Lipinski definition) is 1. The predicted molar refractivity (Wildman–Crippen MR) is 114 cm³/mol. The summed E-state index contributed by atoms with van der Waals surface area (Å²) in [6, 6.07) is 11.7. The Balaban J connectivity index is 1.54. The zero-order chi connectivity index (χ0) is 19.1. The van der Waals surface area contributed by atoms with Gasteiger partial charge in [-0.2, -0.15) is 0 Å². The molecule has 2 fully saturated rings. The molecule has 27 heavy (non-hydrogen) atoms. The third-order valence-electron chi connectivity index (χ3n) is 6.24. The van der Waals surface area contributed by atoms with Crippen LogP contribution in [0, 0.1) is 5.92 Å². The number of rotatable bonds is 6. The van der Waals surface area contributed by atoms with Crippen LogP contribution in [0.1, 0.15) is 31.7 Å². The highest BCUT2D eigenvalue weighted by molar-refractivity contribution is 5.80. The average molecular weight is 372 g/mol. The number of piperidine rings is 2. The largest absolute Gasteiger partial charge is 0.355 e. The molecule has 2 aliphatic heterocycles. The lowest BCUT2D eigenvalue weighted by Gasteiger charge is -2.48. The first-order chi connectivity index (χ1) is 13.2. The van der Waals surface area contributed by atoms with Crippen LogP contribution in [0.4, 0.5) is 0 Å². The van der Waals surface area contributed by atoms with E-state index in [1.165, 1.54) is 31.4 Å². The molecule has 0 amide bonds. The second-order valence-electron chi connectivity index (χ2n) is 8.03. The Morgan fingerprint density at radius 2 is 2.04 bits per heavy atom.